The Balaban J connectivity index is 1.65. The van der Waals surface area contributed by atoms with Crippen molar-refractivity contribution in [1.82, 2.24) is 4.90 Å². The number of anilines is 1. The monoisotopic (exact) mass is 328 g/mol. The predicted octanol–water partition coefficient (Wildman–Crippen LogP) is 3.55. The second kappa shape index (κ2) is 6.96. The first-order valence-electron chi connectivity index (χ1n) is 7.84. The summed E-state index contributed by atoms with van der Waals surface area (Å²) in [6, 6.07) is 11.5. The molecule has 120 valence electrons. The Labute approximate surface area is 140 Å². The summed E-state index contributed by atoms with van der Waals surface area (Å²) in [5.74, 6) is -0.108. The van der Waals surface area contributed by atoms with E-state index in [2.05, 4.69) is 5.32 Å². The lowest BCUT2D eigenvalue weighted by molar-refractivity contribution is -0.121. The summed E-state index contributed by atoms with van der Waals surface area (Å²) >= 11 is 1.45. The van der Waals surface area contributed by atoms with Crippen LogP contribution in [-0.4, -0.2) is 29.8 Å². The average Bonchev–Trinajstić information content (AvgIpc) is 3.11. The van der Waals surface area contributed by atoms with Crippen molar-refractivity contribution in [2.45, 2.75) is 19.8 Å². The van der Waals surface area contributed by atoms with Crippen LogP contribution in [0.1, 0.15) is 28.1 Å². The van der Waals surface area contributed by atoms with Crippen molar-refractivity contribution in [3.8, 4) is 0 Å². The Kier molecular flexibility index (Phi) is 4.76. The molecule has 3 rings (SSSR count). The van der Waals surface area contributed by atoms with Gasteiger partial charge in [0, 0.05) is 18.8 Å². The number of nitrogens with one attached hydrogen (secondary N) is 1. The van der Waals surface area contributed by atoms with Gasteiger partial charge < -0.3 is 10.2 Å². The first-order chi connectivity index (χ1) is 11.1. The Morgan fingerprint density at radius 1 is 1.22 bits per heavy atom. The van der Waals surface area contributed by atoms with Crippen molar-refractivity contribution in [3.05, 3.63) is 52.2 Å². The van der Waals surface area contributed by atoms with Crippen LogP contribution in [0.25, 0.3) is 0 Å². The van der Waals surface area contributed by atoms with Gasteiger partial charge in [0.25, 0.3) is 5.91 Å². The minimum Gasteiger partial charge on any atom is -0.337 e. The molecule has 2 heterocycles. The Hall–Kier alpha value is -2.14. The summed E-state index contributed by atoms with van der Waals surface area (Å²) in [7, 11) is 0. The average molecular weight is 328 g/mol. The normalized spacial score (nSPS) is 17.8. The van der Waals surface area contributed by atoms with Crippen molar-refractivity contribution in [2.24, 2.45) is 5.92 Å². The highest BCUT2D eigenvalue weighted by molar-refractivity contribution is 7.12. The number of carbonyl (C=O) groups is 2. The highest BCUT2D eigenvalue weighted by Gasteiger charge is 2.29. The molecule has 1 aliphatic rings. The van der Waals surface area contributed by atoms with Crippen LogP contribution in [0.5, 0.6) is 0 Å². The molecule has 1 aromatic carbocycles. The number of aryl methyl sites for hydroxylation is 1. The van der Waals surface area contributed by atoms with Gasteiger partial charge in [-0.15, -0.1) is 11.3 Å². The molecular weight excluding hydrogens is 308 g/mol. The molecule has 0 spiro atoms. The highest BCUT2D eigenvalue weighted by atomic mass is 32.1. The lowest BCUT2D eigenvalue weighted by Gasteiger charge is -2.31. The molecule has 1 saturated heterocycles. The lowest BCUT2D eigenvalue weighted by atomic mass is 9.96. The van der Waals surface area contributed by atoms with Gasteiger partial charge in [-0.05, 0) is 42.8 Å². The zero-order valence-corrected chi connectivity index (χ0v) is 13.9. The smallest absolute Gasteiger partial charge is 0.263 e. The van der Waals surface area contributed by atoms with Gasteiger partial charge in [-0.1, -0.05) is 24.3 Å². The predicted molar refractivity (Wildman–Crippen MR) is 92.8 cm³/mol. The molecular formula is C18H20N2O2S. The fraction of sp³-hybridized carbons (Fsp3) is 0.333. The minimum absolute atomic E-state index is 0.00276. The molecule has 23 heavy (non-hydrogen) atoms. The van der Waals surface area contributed by atoms with E-state index in [4.69, 9.17) is 0 Å². The van der Waals surface area contributed by atoms with E-state index in [1.54, 1.807) is 4.90 Å². The fourth-order valence-electron chi connectivity index (χ4n) is 2.88. The molecule has 0 aliphatic carbocycles. The SMILES string of the molecule is Cc1ccccc1NC(=O)[C@H]1CCCN(C(=O)c2cccs2)C1. The molecule has 1 N–H and O–H groups in total. The van der Waals surface area contributed by atoms with E-state index in [-0.39, 0.29) is 17.7 Å². The maximum Gasteiger partial charge on any atom is 0.263 e. The second-order valence-electron chi connectivity index (χ2n) is 5.87. The van der Waals surface area contributed by atoms with Gasteiger partial charge in [-0.2, -0.15) is 0 Å². The molecule has 0 radical (unpaired) electrons. The first kappa shape index (κ1) is 15.7. The number of para-hydroxylation sites is 1. The largest absolute Gasteiger partial charge is 0.337 e. The van der Waals surface area contributed by atoms with Crippen LogP contribution in [0.2, 0.25) is 0 Å². The zero-order valence-electron chi connectivity index (χ0n) is 13.1. The topological polar surface area (TPSA) is 49.4 Å². The highest BCUT2D eigenvalue weighted by Crippen LogP contribution is 2.22. The second-order valence-corrected chi connectivity index (χ2v) is 6.82. The van der Waals surface area contributed by atoms with Gasteiger partial charge in [0.05, 0.1) is 10.8 Å². The van der Waals surface area contributed by atoms with E-state index in [1.165, 1.54) is 11.3 Å². The van der Waals surface area contributed by atoms with Crippen molar-refractivity contribution in [3.63, 3.8) is 0 Å². The summed E-state index contributed by atoms with van der Waals surface area (Å²) in [5.41, 5.74) is 1.89. The van der Waals surface area contributed by atoms with Gasteiger partial charge in [-0.25, -0.2) is 0 Å². The van der Waals surface area contributed by atoms with Gasteiger partial charge in [0.2, 0.25) is 5.91 Å². The maximum atomic E-state index is 12.5. The van der Waals surface area contributed by atoms with Crippen molar-refractivity contribution in [2.75, 3.05) is 18.4 Å². The van der Waals surface area contributed by atoms with Gasteiger partial charge in [0.1, 0.15) is 0 Å². The first-order valence-corrected chi connectivity index (χ1v) is 8.72. The standard InChI is InChI=1S/C18H20N2O2S/c1-13-6-2-3-8-15(13)19-17(21)14-7-4-10-20(12-14)18(22)16-9-5-11-23-16/h2-3,5-6,8-9,11,14H,4,7,10,12H2,1H3,(H,19,21)/t14-/m0/s1. The molecule has 1 aromatic heterocycles. The zero-order chi connectivity index (χ0) is 16.2. The van der Waals surface area contributed by atoms with Crippen LogP contribution in [0, 0.1) is 12.8 Å². The molecule has 4 nitrogen and oxygen atoms in total. The fourth-order valence-corrected chi connectivity index (χ4v) is 3.57. The number of rotatable bonds is 3. The summed E-state index contributed by atoms with van der Waals surface area (Å²) < 4.78 is 0. The molecule has 0 bridgehead atoms. The van der Waals surface area contributed by atoms with E-state index in [0.717, 1.165) is 35.5 Å². The minimum atomic E-state index is -0.146. The third-order valence-electron chi connectivity index (χ3n) is 4.21. The molecule has 2 amide bonds. The van der Waals surface area contributed by atoms with Gasteiger partial charge in [-0.3, -0.25) is 9.59 Å². The van der Waals surface area contributed by atoms with E-state index in [1.807, 2.05) is 48.7 Å². The number of hydrogen-bond donors (Lipinski definition) is 1. The molecule has 2 aromatic rings. The quantitative estimate of drug-likeness (QED) is 0.937. The Morgan fingerprint density at radius 3 is 2.78 bits per heavy atom. The Bertz CT molecular complexity index is 697. The van der Waals surface area contributed by atoms with Crippen molar-refractivity contribution >= 4 is 28.8 Å². The van der Waals surface area contributed by atoms with Crippen LogP contribution in [0.4, 0.5) is 5.69 Å². The summed E-state index contributed by atoms with van der Waals surface area (Å²) in [5, 5.41) is 4.90. The number of amides is 2. The van der Waals surface area contributed by atoms with Crippen LogP contribution < -0.4 is 5.32 Å². The van der Waals surface area contributed by atoms with Crippen LogP contribution in [0.15, 0.2) is 41.8 Å². The van der Waals surface area contributed by atoms with Gasteiger partial charge in [0.15, 0.2) is 0 Å². The van der Waals surface area contributed by atoms with Gasteiger partial charge >= 0.3 is 0 Å². The number of carbonyl (C=O) groups excluding carboxylic acids is 2. The summed E-state index contributed by atoms with van der Waals surface area (Å²) in [6.45, 7) is 3.20. The van der Waals surface area contributed by atoms with E-state index in [0.29, 0.717) is 6.54 Å². The molecule has 0 saturated carbocycles. The maximum absolute atomic E-state index is 12.5. The number of nitrogens with zero attached hydrogens (tertiary/aromatic N) is 1. The lowest BCUT2D eigenvalue weighted by Crippen LogP contribution is -2.43. The van der Waals surface area contributed by atoms with Crippen LogP contribution in [-0.2, 0) is 4.79 Å². The molecule has 5 heteroatoms. The number of thiophene rings is 1. The molecule has 1 aliphatic heterocycles. The number of likely N-dealkylation sites (tertiary alicyclic amines) is 1. The molecule has 1 atom stereocenters. The summed E-state index contributed by atoms with van der Waals surface area (Å²) in [6.07, 6.45) is 1.69. The van der Waals surface area contributed by atoms with E-state index < -0.39 is 0 Å². The Morgan fingerprint density at radius 2 is 2.04 bits per heavy atom. The number of hydrogen-bond acceptors (Lipinski definition) is 3. The third kappa shape index (κ3) is 3.62. The molecule has 0 unspecified atom stereocenters. The summed E-state index contributed by atoms with van der Waals surface area (Å²) in [4.78, 5) is 27.5. The molecule has 1 fully saturated rings. The number of benzene rings is 1. The van der Waals surface area contributed by atoms with Crippen LogP contribution >= 0.6 is 11.3 Å². The van der Waals surface area contributed by atoms with Crippen LogP contribution in [0.3, 0.4) is 0 Å². The number of piperidine rings is 1. The van der Waals surface area contributed by atoms with Crippen molar-refractivity contribution < 1.29 is 9.59 Å². The van der Waals surface area contributed by atoms with E-state index in [9.17, 15) is 9.59 Å². The van der Waals surface area contributed by atoms with Crippen molar-refractivity contribution in [1.29, 1.82) is 0 Å². The third-order valence-corrected chi connectivity index (χ3v) is 5.07. The van der Waals surface area contributed by atoms with E-state index >= 15 is 0 Å².